The smallest absolute Gasteiger partial charge is 0.332 e. The van der Waals surface area contributed by atoms with Crippen LogP contribution in [0.4, 0.5) is 0 Å². The van der Waals surface area contributed by atoms with Gasteiger partial charge in [-0.3, -0.25) is 13.9 Å². The summed E-state index contributed by atoms with van der Waals surface area (Å²) in [6.45, 7) is 0. The quantitative estimate of drug-likeness (QED) is 0.572. The van der Waals surface area contributed by atoms with Crippen LogP contribution < -0.4 is 11.2 Å². The number of hydrogen-bond donors (Lipinski definition) is 2. The van der Waals surface area contributed by atoms with Gasteiger partial charge in [0.2, 0.25) is 0 Å². The Morgan fingerprint density at radius 2 is 1.41 bits per heavy atom. The zero-order chi connectivity index (χ0) is 16.4. The van der Waals surface area contributed by atoms with Crippen LogP contribution in [0.5, 0.6) is 11.5 Å². The maximum Gasteiger partial charge on any atom is 0.332 e. The van der Waals surface area contributed by atoms with Crippen molar-refractivity contribution in [2.24, 2.45) is 21.1 Å². The van der Waals surface area contributed by atoms with Crippen LogP contribution in [0, 0.1) is 0 Å². The first-order chi connectivity index (χ1) is 10.3. The summed E-state index contributed by atoms with van der Waals surface area (Å²) < 4.78 is 4.04. The summed E-state index contributed by atoms with van der Waals surface area (Å²) in [6.07, 6.45) is 1.52. The van der Waals surface area contributed by atoms with Gasteiger partial charge >= 0.3 is 5.69 Å². The molecule has 0 aliphatic heterocycles. The maximum absolute atomic E-state index is 11.7. The second kappa shape index (κ2) is 5.76. The first-order valence-corrected chi connectivity index (χ1v) is 6.38. The zero-order valence-corrected chi connectivity index (χ0v) is 12.4. The number of rotatable bonds is 0. The third-order valence-corrected chi connectivity index (χ3v) is 3.17. The Morgan fingerprint density at radius 3 is 1.91 bits per heavy atom. The fourth-order valence-corrected chi connectivity index (χ4v) is 1.92. The predicted molar refractivity (Wildman–Crippen MR) is 81.0 cm³/mol. The topological polar surface area (TPSA) is 102 Å². The van der Waals surface area contributed by atoms with Gasteiger partial charge < -0.3 is 14.8 Å². The lowest BCUT2D eigenvalue weighted by Gasteiger charge is -2.02. The minimum atomic E-state index is -0.360. The van der Waals surface area contributed by atoms with E-state index in [0.29, 0.717) is 11.2 Å². The second-order valence-electron chi connectivity index (χ2n) is 4.75. The number of aromatic hydroxyl groups is 2. The van der Waals surface area contributed by atoms with Gasteiger partial charge in [0.1, 0.15) is 11.5 Å². The minimum Gasteiger partial charge on any atom is -0.508 e. The molecule has 0 spiro atoms. The summed E-state index contributed by atoms with van der Waals surface area (Å²) in [5.74, 6) is 0.339. The summed E-state index contributed by atoms with van der Waals surface area (Å²) in [4.78, 5) is 27.2. The van der Waals surface area contributed by atoms with Crippen LogP contribution in [0.1, 0.15) is 0 Å². The Morgan fingerprint density at radius 1 is 0.909 bits per heavy atom. The van der Waals surface area contributed by atoms with E-state index in [4.69, 9.17) is 10.2 Å². The van der Waals surface area contributed by atoms with Gasteiger partial charge in [-0.1, -0.05) is 0 Å². The molecular weight excluding hydrogens is 288 g/mol. The lowest BCUT2D eigenvalue weighted by atomic mass is 10.3. The average molecular weight is 304 g/mol. The minimum absolute atomic E-state index is 0.169. The summed E-state index contributed by atoms with van der Waals surface area (Å²) >= 11 is 0. The summed E-state index contributed by atoms with van der Waals surface area (Å²) in [5, 5.41) is 17.3. The van der Waals surface area contributed by atoms with Crippen LogP contribution in [0.25, 0.3) is 11.2 Å². The van der Waals surface area contributed by atoms with Gasteiger partial charge in [-0.25, -0.2) is 9.78 Å². The standard InChI is InChI=1S/C8H10N4O2.C6H6O2/c1-10-4-9-6-5(10)7(13)12(3)8(14)11(6)2;7-5-1-2-6(8)4-3-5/h4H,1-3H3;1-4,7-8H. The molecule has 0 unspecified atom stereocenters. The Bertz CT molecular complexity index is 898. The molecule has 1 aromatic carbocycles. The number of hydrogen-bond acceptors (Lipinski definition) is 5. The van der Waals surface area contributed by atoms with Crippen molar-refractivity contribution in [3.05, 3.63) is 51.4 Å². The van der Waals surface area contributed by atoms with Gasteiger partial charge in [0.25, 0.3) is 5.56 Å². The molecule has 0 aliphatic carbocycles. The highest BCUT2D eigenvalue weighted by molar-refractivity contribution is 5.69. The van der Waals surface area contributed by atoms with Crippen LogP contribution >= 0.6 is 0 Å². The molecule has 0 amide bonds. The van der Waals surface area contributed by atoms with E-state index in [9.17, 15) is 9.59 Å². The van der Waals surface area contributed by atoms with Gasteiger partial charge in [0.05, 0.1) is 6.33 Å². The molecule has 0 bridgehead atoms. The molecular formula is C14H16N4O4. The Hall–Kier alpha value is -3.03. The first-order valence-electron chi connectivity index (χ1n) is 6.38. The van der Waals surface area contributed by atoms with E-state index < -0.39 is 0 Å². The van der Waals surface area contributed by atoms with E-state index in [1.54, 1.807) is 18.7 Å². The van der Waals surface area contributed by atoms with Crippen molar-refractivity contribution in [3.63, 3.8) is 0 Å². The molecule has 116 valence electrons. The molecule has 3 rings (SSSR count). The number of aryl methyl sites for hydroxylation is 2. The van der Waals surface area contributed by atoms with Gasteiger partial charge in [-0.2, -0.15) is 0 Å². The van der Waals surface area contributed by atoms with Gasteiger partial charge in [0.15, 0.2) is 11.2 Å². The average Bonchev–Trinajstić information content (AvgIpc) is 2.88. The molecule has 2 heterocycles. The molecule has 0 fully saturated rings. The summed E-state index contributed by atoms with van der Waals surface area (Å²) in [6, 6.07) is 5.70. The largest absolute Gasteiger partial charge is 0.508 e. The lowest BCUT2D eigenvalue weighted by Crippen LogP contribution is -2.37. The number of phenols is 2. The Kier molecular flexibility index (Phi) is 4.02. The molecule has 2 aromatic heterocycles. The highest BCUT2D eigenvalue weighted by atomic mass is 16.3. The number of imidazole rings is 1. The van der Waals surface area contributed by atoms with Crippen molar-refractivity contribution in [2.45, 2.75) is 0 Å². The normalized spacial score (nSPS) is 10.3. The molecule has 0 aliphatic rings. The van der Waals surface area contributed by atoms with Crippen molar-refractivity contribution in [1.29, 1.82) is 0 Å². The first kappa shape index (κ1) is 15.4. The van der Waals surface area contributed by atoms with E-state index in [0.717, 1.165) is 4.57 Å². The zero-order valence-electron chi connectivity index (χ0n) is 12.4. The van der Waals surface area contributed by atoms with Crippen molar-refractivity contribution >= 4 is 11.2 Å². The fraction of sp³-hybridized carbons (Fsp3) is 0.214. The summed E-state index contributed by atoms with van der Waals surface area (Å²) in [7, 11) is 4.77. The van der Waals surface area contributed by atoms with Crippen LogP contribution in [-0.2, 0) is 21.1 Å². The molecule has 8 heteroatoms. The molecule has 0 atom stereocenters. The summed E-state index contributed by atoms with van der Waals surface area (Å²) in [5.41, 5.74) is 0.180. The molecule has 2 N–H and O–H groups in total. The third-order valence-electron chi connectivity index (χ3n) is 3.17. The Labute approximate surface area is 125 Å². The number of benzene rings is 1. The van der Waals surface area contributed by atoms with E-state index in [-0.39, 0.29) is 22.7 Å². The number of nitrogens with zero attached hydrogens (tertiary/aromatic N) is 4. The molecule has 8 nitrogen and oxygen atoms in total. The highest BCUT2D eigenvalue weighted by Crippen LogP contribution is 2.13. The number of aromatic nitrogens is 4. The van der Waals surface area contributed by atoms with Crippen LogP contribution in [0.2, 0.25) is 0 Å². The van der Waals surface area contributed by atoms with Crippen molar-refractivity contribution < 1.29 is 10.2 Å². The fourth-order valence-electron chi connectivity index (χ4n) is 1.92. The van der Waals surface area contributed by atoms with E-state index in [1.807, 2.05) is 0 Å². The molecule has 0 saturated carbocycles. The van der Waals surface area contributed by atoms with Crippen molar-refractivity contribution in [2.75, 3.05) is 0 Å². The molecule has 0 saturated heterocycles. The van der Waals surface area contributed by atoms with Crippen LogP contribution in [-0.4, -0.2) is 28.9 Å². The Balaban J connectivity index is 0.000000188. The number of fused-ring (bicyclic) bond motifs is 1. The van der Waals surface area contributed by atoms with E-state index in [1.165, 1.54) is 42.2 Å². The molecule has 3 aromatic rings. The van der Waals surface area contributed by atoms with Crippen LogP contribution in [0.15, 0.2) is 40.2 Å². The third kappa shape index (κ3) is 2.71. The predicted octanol–water partition coefficient (Wildman–Crippen LogP) is 0.0685. The monoisotopic (exact) mass is 304 g/mol. The molecule has 0 radical (unpaired) electrons. The van der Waals surface area contributed by atoms with E-state index >= 15 is 0 Å². The van der Waals surface area contributed by atoms with Crippen molar-refractivity contribution in [3.8, 4) is 11.5 Å². The number of phenolic OH excluding ortho intramolecular Hbond substituents is 2. The van der Waals surface area contributed by atoms with Crippen molar-refractivity contribution in [1.82, 2.24) is 18.7 Å². The van der Waals surface area contributed by atoms with Gasteiger partial charge in [-0.05, 0) is 24.3 Å². The van der Waals surface area contributed by atoms with Gasteiger partial charge in [-0.15, -0.1) is 0 Å². The van der Waals surface area contributed by atoms with Gasteiger partial charge in [0, 0.05) is 21.1 Å². The maximum atomic E-state index is 11.7. The molecule has 22 heavy (non-hydrogen) atoms. The highest BCUT2D eigenvalue weighted by Gasteiger charge is 2.11. The van der Waals surface area contributed by atoms with Crippen LogP contribution in [0.3, 0.4) is 0 Å². The SMILES string of the molecule is Cn1c(=O)c2c(ncn2C)n(C)c1=O.Oc1ccc(O)cc1. The second-order valence-corrected chi connectivity index (χ2v) is 4.75. The van der Waals surface area contributed by atoms with E-state index in [2.05, 4.69) is 4.98 Å². The lowest BCUT2D eigenvalue weighted by molar-refractivity contribution is 0.460.